The number of hydrogen-bond donors (Lipinski definition) is 0. The van der Waals surface area contributed by atoms with E-state index in [9.17, 15) is 0 Å². The molecule has 4 aliphatic carbocycles. The first-order chi connectivity index (χ1) is 13.8. The maximum atomic E-state index is 5.58. The van der Waals surface area contributed by atoms with E-state index in [1.54, 1.807) is 51.4 Å². The van der Waals surface area contributed by atoms with Crippen LogP contribution in [0.4, 0.5) is 0 Å². The highest BCUT2D eigenvalue weighted by molar-refractivity contribution is 4.90. The lowest BCUT2D eigenvalue weighted by Gasteiger charge is -2.43. The first kappa shape index (κ1) is 21.0. The predicted molar refractivity (Wildman–Crippen MR) is 119 cm³/mol. The van der Waals surface area contributed by atoms with E-state index >= 15 is 0 Å². The van der Waals surface area contributed by atoms with E-state index in [1.165, 1.54) is 51.4 Å². The molecule has 0 heterocycles. The first-order valence-corrected chi connectivity index (χ1v) is 12.9. The minimum Gasteiger partial charge on any atom is -0.381 e. The molecule has 0 bridgehead atoms. The molecule has 4 aliphatic rings. The maximum Gasteiger partial charge on any atom is 0.0571 e. The van der Waals surface area contributed by atoms with Gasteiger partial charge in [0.05, 0.1) is 6.10 Å². The molecule has 0 N–H and O–H groups in total. The van der Waals surface area contributed by atoms with E-state index in [-0.39, 0.29) is 0 Å². The molecule has 1 heteroatoms. The Balaban J connectivity index is 1.16. The van der Waals surface area contributed by atoms with Crippen LogP contribution < -0.4 is 0 Å². The summed E-state index contributed by atoms with van der Waals surface area (Å²) in [6.07, 6.45) is 26.5. The fraction of sp³-hybridized carbons (Fsp3) is 0.926. The summed E-state index contributed by atoms with van der Waals surface area (Å²) >= 11 is 0. The standard InChI is InChI=1S/C27H46O/c1-3-20-4-6-21(7-5-20)22-8-10-23(11-9-22)24-12-14-25(15-13-24)26-16-18-27(28-2)19-17-26/h3,20-27H,1,4-19H2,2H3. The van der Waals surface area contributed by atoms with Crippen molar-refractivity contribution in [2.45, 2.75) is 109 Å². The number of methoxy groups -OCH3 is 1. The average Bonchev–Trinajstić information content (AvgIpc) is 2.79. The molecule has 1 nitrogen and oxygen atoms in total. The zero-order chi connectivity index (χ0) is 19.3. The van der Waals surface area contributed by atoms with Crippen LogP contribution in [-0.4, -0.2) is 13.2 Å². The summed E-state index contributed by atoms with van der Waals surface area (Å²) in [6.45, 7) is 4.02. The Labute approximate surface area is 175 Å². The Morgan fingerprint density at radius 1 is 0.500 bits per heavy atom. The van der Waals surface area contributed by atoms with Crippen molar-refractivity contribution in [3.05, 3.63) is 12.7 Å². The Kier molecular flexibility index (Phi) is 7.59. The molecule has 0 amide bonds. The van der Waals surface area contributed by atoms with Gasteiger partial charge >= 0.3 is 0 Å². The minimum absolute atomic E-state index is 0.564. The highest BCUT2D eigenvalue weighted by atomic mass is 16.5. The molecule has 0 aromatic heterocycles. The SMILES string of the molecule is C=CC1CCC(C2CCC(C3CCC(C4CCC(OC)CC4)CC3)CC2)CC1. The molecule has 0 radical (unpaired) electrons. The van der Waals surface area contributed by atoms with Crippen LogP contribution >= 0.6 is 0 Å². The van der Waals surface area contributed by atoms with Gasteiger partial charge in [-0.3, -0.25) is 0 Å². The van der Waals surface area contributed by atoms with Crippen LogP contribution in [0, 0.1) is 41.4 Å². The molecule has 0 aromatic rings. The molecule has 0 aromatic carbocycles. The van der Waals surface area contributed by atoms with Crippen LogP contribution in [0.15, 0.2) is 12.7 Å². The molecule has 0 aliphatic heterocycles. The van der Waals surface area contributed by atoms with E-state index in [0.717, 1.165) is 41.4 Å². The van der Waals surface area contributed by atoms with Gasteiger partial charge in [0.25, 0.3) is 0 Å². The Morgan fingerprint density at radius 2 is 0.786 bits per heavy atom. The molecular weight excluding hydrogens is 340 g/mol. The van der Waals surface area contributed by atoms with Crippen molar-refractivity contribution in [1.82, 2.24) is 0 Å². The zero-order valence-electron chi connectivity index (χ0n) is 18.6. The molecule has 0 unspecified atom stereocenters. The summed E-state index contributed by atoms with van der Waals surface area (Å²) in [5, 5.41) is 0. The third-order valence-corrected chi connectivity index (χ3v) is 9.84. The van der Waals surface area contributed by atoms with E-state index in [4.69, 9.17) is 4.74 Å². The lowest BCUT2D eigenvalue weighted by Crippen LogP contribution is -2.32. The van der Waals surface area contributed by atoms with Crippen molar-refractivity contribution >= 4 is 0 Å². The fourth-order valence-corrected chi connectivity index (χ4v) is 7.82. The van der Waals surface area contributed by atoms with Crippen molar-refractivity contribution in [2.24, 2.45) is 41.4 Å². The fourth-order valence-electron chi connectivity index (χ4n) is 7.82. The lowest BCUT2D eigenvalue weighted by molar-refractivity contribution is 0.0346. The van der Waals surface area contributed by atoms with Crippen LogP contribution in [0.1, 0.15) is 103 Å². The molecule has 4 rings (SSSR count). The summed E-state index contributed by atoms with van der Waals surface area (Å²) in [5.41, 5.74) is 0. The summed E-state index contributed by atoms with van der Waals surface area (Å²) in [7, 11) is 1.90. The van der Waals surface area contributed by atoms with Crippen molar-refractivity contribution < 1.29 is 4.74 Å². The molecule has 0 spiro atoms. The first-order valence-electron chi connectivity index (χ1n) is 12.9. The van der Waals surface area contributed by atoms with Crippen molar-refractivity contribution in [2.75, 3.05) is 7.11 Å². The van der Waals surface area contributed by atoms with Gasteiger partial charge < -0.3 is 4.74 Å². The second-order valence-electron chi connectivity index (χ2n) is 11.0. The van der Waals surface area contributed by atoms with Crippen LogP contribution in [0.3, 0.4) is 0 Å². The van der Waals surface area contributed by atoms with Gasteiger partial charge in [-0.15, -0.1) is 6.58 Å². The normalized spacial score (nSPS) is 45.5. The maximum absolute atomic E-state index is 5.58. The molecule has 28 heavy (non-hydrogen) atoms. The van der Waals surface area contributed by atoms with E-state index in [1.807, 2.05) is 7.11 Å². The topological polar surface area (TPSA) is 9.23 Å². The largest absolute Gasteiger partial charge is 0.381 e. The van der Waals surface area contributed by atoms with Gasteiger partial charge in [-0.2, -0.15) is 0 Å². The summed E-state index contributed by atoms with van der Waals surface area (Å²) in [4.78, 5) is 0. The van der Waals surface area contributed by atoms with Crippen LogP contribution in [0.5, 0.6) is 0 Å². The van der Waals surface area contributed by atoms with E-state index in [0.29, 0.717) is 6.10 Å². The van der Waals surface area contributed by atoms with Crippen LogP contribution in [0.2, 0.25) is 0 Å². The molecule has 4 saturated carbocycles. The number of ether oxygens (including phenoxy) is 1. The quantitative estimate of drug-likeness (QED) is 0.438. The third kappa shape index (κ3) is 5.05. The Morgan fingerprint density at radius 3 is 1.07 bits per heavy atom. The highest BCUT2D eigenvalue weighted by Crippen LogP contribution is 2.47. The highest BCUT2D eigenvalue weighted by Gasteiger charge is 2.36. The zero-order valence-corrected chi connectivity index (χ0v) is 18.6. The summed E-state index contributed by atoms with van der Waals surface area (Å²) in [5.74, 6) is 7.16. The van der Waals surface area contributed by atoms with Gasteiger partial charge in [0.1, 0.15) is 0 Å². The molecular formula is C27H46O. The van der Waals surface area contributed by atoms with Gasteiger partial charge in [-0.1, -0.05) is 6.08 Å². The second kappa shape index (κ2) is 10.1. The number of hydrogen-bond acceptors (Lipinski definition) is 1. The molecule has 0 saturated heterocycles. The third-order valence-electron chi connectivity index (χ3n) is 9.84. The Hall–Kier alpha value is -0.300. The lowest BCUT2D eigenvalue weighted by atomic mass is 9.63. The van der Waals surface area contributed by atoms with Crippen molar-refractivity contribution in [3.63, 3.8) is 0 Å². The molecule has 0 atom stereocenters. The predicted octanol–water partition coefficient (Wildman–Crippen LogP) is 7.80. The van der Waals surface area contributed by atoms with Gasteiger partial charge in [-0.25, -0.2) is 0 Å². The van der Waals surface area contributed by atoms with Gasteiger partial charge in [0.2, 0.25) is 0 Å². The van der Waals surface area contributed by atoms with Gasteiger partial charge in [0, 0.05) is 7.11 Å². The molecule has 4 fully saturated rings. The van der Waals surface area contributed by atoms with E-state index < -0.39 is 0 Å². The summed E-state index contributed by atoms with van der Waals surface area (Å²) < 4.78 is 5.58. The van der Waals surface area contributed by atoms with Crippen molar-refractivity contribution in [3.8, 4) is 0 Å². The number of rotatable bonds is 5. The average molecular weight is 387 g/mol. The van der Waals surface area contributed by atoms with Gasteiger partial charge in [-0.05, 0) is 144 Å². The van der Waals surface area contributed by atoms with Crippen LogP contribution in [0.25, 0.3) is 0 Å². The molecule has 160 valence electrons. The minimum atomic E-state index is 0.564. The summed E-state index contributed by atoms with van der Waals surface area (Å²) in [6, 6.07) is 0. The smallest absolute Gasteiger partial charge is 0.0571 e. The van der Waals surface area contributed by atoms with Gasteiger partial charge in [0.15, 0.2) is 0 Å². The van der Waals surface area contributed by atoms with E-state index in [2.05, 4.69) is 12.7 Å². The Bertz CT molecular complexity index is 453. The van der Waals surface area contributed by atoms with Crippen LogP contribution in [-0.2, 0) is 4.74 Å². The number of allylic oxidation sites excluding steroid dienone is 1. The second-order valence-corrected chi connectivity index (χ2v) is 11.0. The monoisotopic (exact) mass is 386 g/mol. The van der Waals surface area contributed by atoms with Crippen molar-refractivity contribution in [1.29, 1.82) is 0 Å².